The third-order valence-corrected chi connectivity index (χ3v) is 3.76. The van der Waals surface area contributed by atoms with Crippen LogP contribution < -0.4 is 15.4 Å². The summed E-state index contributed by atoms with van der Waals surface area (Å²) >= 11 is 0. The number of carbonyl (C=O) groups excluding carboxylic acids is 2. The number of anilines is 1. The Morgan fingerprint density at radius 1 is 0.966 bits per heavy atom. The molecule has 0 fully saturated rings. The van der Waals surface area contributed by atoms with E-state index in [1.165, 1.54) is 31.2 Å². The maximum Gasteiger partial charge on any atom is 0.408 e. The van der Waals surface area contributed by atoms with Crippen LogP contribution in [-0.4, -0.2) is 34.9 Å². The Hall–Kier alpha value is -3.13. The standard InChI is InChI=1S/C21H25FN2O5/c1-20(2,3)29-19(27)24-21(4,13-25)18(26)23-15-7-11-17(12-8-15)28-16-9-5-14(22)6-10-16/h5-12,25H,13H2,1-4H3,(H,23,26)(H,24,27). The Morgan fingerprint density at radius 3 is 1.97 bits per heavy atom. The summed E-state index contributed by atoms with van der Waals surface area (Å²) in [5.74, 6) is -0.00981. The molecule has 1 unspecified atom stereocenters. The lowest BCUT2D eigenvalue weighted by molar-refractivity contribution is -0.123. The molecule has 3 N–H and O–H groups in total. The summed E-state index contributed by atoms with van der Waals surface area (Å²) in [4.78, 5) is 24.5. The first-order valence-corrected chi connectivity index (χ1v) is 8.98. The number of aliphatic hydroxyl groups is 1. The van der Waals surface area contributed by atoms with Crippen molar-refractivity contribution >= 4 is 17.7 Å². The predicted molar refractivity (Wildman–Crippen MR) is 106 cm³/mol. The molecule has 2 amide bonds. The SMILES string of the molecule is CC(C)(C)OC(=O)NC(C)(CO)C(=O)Nc1ccc(Oc2ccc(F)cc2)cc1. The van der Waals surface area contributed by atoms with Crippen LogP contribution in [0.25, 0.3) is 0 Å². The van der Waals surface area contributed by atoms with Crippen LogP contribution in [0.15, 0.2) is 48.5 Å². The second kappa shape index (κ2) is 8.91. The number of hydrogen-bond donors (Lipinski definition) is 3. The van der Waals surface area contributed by atoms with E-state index < -0.39 is 29.7 Å². The average Bonchev–Trinajstić information content (AvgIpc) is 2.63. The van der Waals surface area contributed by atoms with E-state index in [0.29, 0.717) is 17.2 Å². The molecule has 0 aromatic heterocycles. The fraction of sp³-hybridized carbons (Fsp3) is 0.333. The van der Waals surface area contributed by atoms with Crippen LogP contribution in [0.3, 0.4) is 0 Å². The minimum atomic E-state index is -1.58. The van der Waals surface area contributed by atoms with E-state index in [4.69, 9.17) is 9.47 Å². The number of rotatable bonds is 6. The van der Waals surface area contributed by atoms with Gasteiger partial charge in [0.2, 0.25) is 0 Å². The quantitative estimate of drug-likeness (QED) is 0.680. The predicted octanol–water partition coefficient (Wildman–Crippen LogP) is 3.83. The van der Waals surface area contributed by atoms with E-state index >= 15 is 0 Å². The molecule has 2 aromatic rings. The van der Waals surface area contributed by atoms with Crippen molar-refractivity contribution in [2.75, 3.05) is 11.9 Å². The number of hydrogen-bond acceptors (Lipinski definition) is 5. The van der Waals surface area contributed by atoms with Gasteiger partial charge in [-0.15, -0.1) is 0 Å². The van der Waals surface area contributed by atoms with Crippen molar-refractivity contribution < 1.29 is 28.6 Å². The van der Waals surface area contributed by atoms with E-state index in [-0.39, 0.29) is 5.82 Å². The lowest BCUT2D eigenvalue weighted by Gasteiger charge is -2.29. The van der Waals surface area contributed by atoms with Gasteiger partial charge in [0, 0.05) is 5.69 Å². The van der Waals surface area contributed by atoms with Crippen LogP contribution in [-0.2, 0) is 9.53 Å². The number of amides is 2. The molecule has 0 saturated heterocycles. The number of ether oxygens (including phenoxy) is 2. The van der Waals surface area contributed by atoms with Crippen LogP contribution in [0.4, 0.5) is 14.9 Å². The van der Waals surface area contributed by atoms with Crippen molar-refractivity contribution in [2.24, 2.45) is 0 Å². The zero-order valence-corrected chi connectivity index (χ0v) is 16.8. The van der Waals surface area contributed by atoms with Gasteiger partial charge in [-0.1, -0.05) is 0 Å². The molecule has 2 rings (SSSR count). The lowest BCUT2D eigenvalue weighted by atomic mass is 10.0. The first-order chi connectivity index (χ1) is 13.5. The van der Waals surface area contributed by atoms with Crippen LogP contribution >= 0.6 is 0 Å². The first-order valence-electron chi connectivity index (χ1n) is 8.98. The van der Waals surface area contributed by atoms with E-state index in [1.54, 1.807) is 45.0 Å². The number of alkyl carbamates (subject to hydrolysis) is 1. The van der Waals surface area contributed by atoms with Crippen molar-refractivity contribution in [3.63, 3.8) is 0 Å². The number of benzene rings is 2. The molecule has 1 atom stereocenters. The Bertz CT molecular complexity index is 847. The highest BCUT2D eigenvalue weighted by atomic mass is 19.1. The fourth-order valence-corrected chi connectivity index (χ4v) is 2.21. The number of nitrogens with one attached hydrogen (secondary N) is 2. The van der Waals surface area contributed by atoms with E-state index in [9.17, 15) is 19.1 Å². The summed E-state index contributed by atoms with van der Waals surface area (Å²) in [6.07, 6.45) is -0.813. The number of halogens is 1. The highest BCUT2D eigenvalue weighted by molar-refractivity contribution is 5.99. The maximum atomic E-state index is 12.9. The molecule has 7 nitrogen and oxygen atoms in total. The fourth-order valence-electron chi connectivity index (χ4n) is 2.21. The van der Waals surface area contributed by atoms with Crippen LogP contribution in [0.2, 0.25) is 0 Å². The molecule has 156 valence electrons. The minimum Gasteiger partial charge on any atom is -0.457 e. The molecular weight excluding hydrogens is 379 g/mol. The Labute approximate surface area is 168 Å². The number of aliphatic hydroxyl groups excluding tert-OH is 1. The summed E-state index contributed by atoms with van der Waals surface area (Å²) in [6, 6.07) is 12.0. The van der Waals surface area contributed by atoms with Gasteiger partial charge in [0.1, 0.15) is 28.5 Å². The third-order valence-electron chi connectivity index (χ3n) is 3.76. The average molecular weight is 404 g/mol. The van der Waals surface area contributed by atoms with Crippen molar-refractivity contribution in [2.45, 2.75) is 38.8 Å². The molecule has 0 aliphatic carbocycles. The molecule has 29 heavy (non-hydrogen) atoms. The van der Waals surface area contributed by atoms with Crippen molar-refractivity contribution in [1.29, 1.82) is 0 Å². The van der Waals surface area contributed by atoms with Crippen molar-refractivity contribution in [3.8, 4) is 11.5 Å². The first kappa shape index (κ1) is 22.2. The van der Waals surface area contributed by atoms with Gasteiger partial charge in [-0.25, -0.2) is 9.18 Å². The Balaban J connectivity index is 2.00. The molecule has 0 radical (unpaired) electrons. The number of carbonyl (C=O) groups is 2. The summed E-state index contributed by atoms with van der Waals surface area (Å²) in [5.41, 5.74) is -1.88. The Kier molecular flexibility index (Phi) is 6.81. The topological polar surface area (TPSA) is 96.9 Å². The highest BCUT2D eigenvalue weighted by Gasteiger charge is 2.36. The second-order valence-electron chi connectivity index (χ2n) is 7.65. The van der Waals surface area contributed by atoms with Gasteiger partial charge in [-0.3, -0.25) is 4.79 Å². The lowest BCUT2D eigenvalue weighted by Crippen LogP contribution is -2.58. The molecule has 0 aliphatic rings. The van der Waals surface area contributed by atoms with Gasteiger partial charge in [-0.05, 0) is 76.2 Å². The molecule has 0 heterocycles. The molecule has 2 aromatic carbocycles. The molecule has 0 spiro atoms. The second-order valence-corrected chi connectivity index (χ2v) is 7.65. The zero-order chi connectivity index (χ0) is 21.7. The van der Waals surface area contributed by atoms with Gasteiger partial charge in [-0.2, -0.15) is 0 Å². The molecule has 8 heteroatoms. The van der Waals surface area contributed by atoms with Crippen LogP contribution in [0, 0.1) is 5.82 Å². The van der Waals surface area contributed by atoms with Crippen LogP contribution in [0.1, 0.15) is 27.7 Å². The minimum absolute atomic E-state index is 0.359. The monoisotopic (exact) mass is 404 g/mol. The van der Waals surface area contributed by atoms with Crippen molar-refractivity contribution in [3.05, 3.63) is 54.3 Å². The smallest absolute Gasteiger partial charge is 0.408 e. The summed E-state index contributed by atoms with van der Waals surface area (Å²) in [5, 5.41) is 14.6. The van der Waals surface area contributed by atoms with Gasteiger partial charge in [0.15, 0.2) is 0 Å². The molecule has 0 bridgehead atoms. The van der Waals surface area contributed by atoms with E-state index in [1.807, 2.05) is 0 Å². The van der Waals surface area contributed by atoms with Crippen LogP contribution in [0.5, 0.6) is 11.5 Å². The molecule has 0 saturated carbocycles. The summed E-state index contributed by atoms with van der Waals surface area (Å²) in [6.45, 7) is 5.84. The highest BCUT2D eigenvalue weighted by Crippen LogP contribution is 2.23. The van der Waals surface area contributed by atoms with E-state index in [2.05, 4.69) is 10.6 Å². The Morgan fingerprint density at radius 2 is 1.48 bits per heavy atom. The largest absolute Gasteiger partial charge is 0.457 e. The maximum absolute atomic E-state index is 12.9. The summed E-state index contributed by atoms with van der Waals surface area (Å²) < 4.78 is 23.7. The molecule has 0 aliphatic heterocycles. The third kappa shape index (κ3) is 6.76. The van der Waals surface area contributed by atoms with Gasteiger partial charge in [0.05, 0.1) is 6.61 Å². The van der Waals surface area contributed by atoms with E-state index in [0.717, 1.165) is 0 Å². The van der Waals surface area contributed by atoms with Gasteiger partial charge < -0.3 is 25.2 Å². The zero-order valence-electron chi connectivity index (χ0n) is 16.8. The van der Waals surface area contributed by atoms with Crippen molar-refractivity contribution in [1.82, 2.24) is 5.32 Å². The normalized spacial score (nSPS) is 13.2. The van der Waals surface area contributed by atoms with Gasteiger partial charge >= 0.3 is 6.09 Å². The van der Waals surface area contributed by atoms with Gasteiger partial charge in [0.25, 0.3) is 5.91 Å². The summed E-state index contributed by atoms with van der Waals surface area (Å²) in [7, 11) is 0. The molecular formula is C21H25FN2O5.